The fourth-order valence-electron chi connectivity index (χ4n) is 2.07. The third-order valence-electron chi connectivity index (χ3n) is 3.11. The van der Waals surface area contributed by atoms with Crippen LogP contribution in [0, 0.1) is 0 Å². The first kappa shape index (κ1) is 14.9. The molecule has 0 aliphatic carbocycles. The number of benzene rings is 2. The Morgan fingerprint density at radius 2 is 1.62 bits per heavy atom. The molecule has 0 heterocycles. The lowest BCUT2D eigenvalue weighted by Crippen LogP contribution is -2.34. The van der Waals surface area contributed by atoms with Crippen molar-refractivity contribution in [3.63, 3.8) is 0 Å². The first-order valence-corrected chi connectivity index (χ1v) is 6.87. The van der Waals surface area contributed by atoms with Crippen LogP contribution >= 0.6 is 0 Å². The molecule has 0 bridgehead atoms. The number of nitrogens with zero attached hydrogens (tertiary/aromatic N) is 1. The minimum absolute atomic E-state index is 0.0247. The molecule has 0 N–H and O–H groups in total. The molecule has 21 heavy (non-hydrogen) atoms. The van der Waals surface area contributed by atoms with Gasteiger partial charge >= 0.3 is 0 Å². The van der Waals surface area contributed by atoms with E-state index >= 15 is 0 Å². The zero-order valence-electron chi connectivity index (χ0n) is 12.3. The molecule has 0 aromatic heterocycles. The lowest BCUT2D eigenvalue weighted by molar-refractivity contribution is -0.120. The highest BCUT2D eigenvalue weighted by Crippen LogP contribution is 2.25. The van der Waals surface area contributed by atoms with Crippen LogP contribution in [0.25, 0.3) is 0 Å². The molecule has 4 nitrogen and oxygen atoms in total. The molecule has 0 aliphatic heterocycles. The fraction of sp³-hybridized carbons (Fsp3) is 0.235. The molecule has 0 saturated carbocycles. The molecular formula is C17H19NO3. The van der Waals surface area contributed by atoms with Crippen molar-refractivity contribution in [2.24, 2.45) is 0 Å². The predicted molar refractivity (Wildman–Crippen MR) is 83.0 cm³/mol. The molecule has 2 aromatic rings. The van der Waals surface area contributed by atoms with Gasteiger partial charge in [-0.1, -0.05) is 30.3 Å². The van der Waals surface area contributed by atoms with Crippen LogP contribution in [0.3, 0.4) is 0 Å². The van der Waals surface area contributed by atoms with Crippen LogP contribution in [0.4, 0.5) is 5.69 Å². The lowest BCUT2D eigenvalue weighted by atomic mass is 10.3. The largest absolute Gasteiger partial charge is 0.493 e. The SMILES string of the molecule is CCN(C(=O)COc1ccccc1OC)c1ccccc1. The molecule has 1 amide bonds. The summed E-state index contributed by atoms with van der Waals surface area (Å²) in [5, 5.41) is 0. The van der Waals surface area contributed by atoms with E-state index in [9.17, 15) is 4.79 Å². The van der Waals surface area contributed by atoms with Crippen LogP contribution in [0.5, 0.6) is 11.5 Å². The monoisotopic (exact) mass is 285 g/mol. The summed E-state index contributed by atoms with van der Waals surface area (Å²) in [5.41, 5.74) is 0.869. The summed E-state index contributed by atoms with van der Waals surface area (Å²) in [7, 11) is 1.58. The summed E-state index contributed by atoms with van der Waals surface area (Å²) < 4.78 is 10.8. The van der Waals surface area contributed by atoms with Crippen LogP contribution < -0.4 is 14.4 Å². The normalized spacial score (nSPS) is 10.0. The van der Waals surface area contributed by atoms with Crippen LogP contribution in [0.15, 0.2) is 54.6 Å². The summed E-state index contributed by atoms with van der Waals surface area (Å²) in [6.45, 7) is 2.51. The second-order valence-electron chi connectivity index (χ2n) is 4.41. The second kappa shape index (κ2) is 7.33. The van der Waals surface area contributed by atoms with E-state index < -0.39 is 0 Å². The van der Waals surface area contributed by atoms with Gasteiger partial charge in [0, 0.05) is 12.2 Å². The molecule has 0 spiro atoms. The molecule has 2 rings (SSSR count). The Morgan fingerprint density at radius 1 is 1.00 bits per heavy atom. The minimum atomic E-state index is -0.0883. The van der Waals surface area contributed by atoms with Gasteiger partial charge in [0.05, 0.1) is 7.11 Å². The van der Waals surface area contributed by atoms with Gasteiger partial charge in [0.15, 0.2) is 18.1 Å². The third kappa shape index (κ3) is 3.75. The van der Waals surface area contributed by atoms with Crippen molar-refractivity contribution < 1.29 is 14.3 Å². The molecule has 2 aromatic carbocycles. The summed E-state index contributed by atoms with van der Waals surface area (Å²) in [6.07, 6.45) is 0. The summed E-state index contributed by atoms with van der Waals surface area (Å²) in [5.74, 6) is 1.10. The maximum atomic E-state index is 12.3. The Kier molecular flexibility index (Phi) is 5.21. The van der Waals surface area contributed by atoms with E-state index in [1.54, 1.807) is 24.1 Å². The Morgan fingerprint density at radius 3 is 2.24 bits per heavy atom. The van der Waals surface area contributed by atoms with Gasteiger partial charge in [0.2, 0.25) is 0 Å². The number of carbonyl (C=O) groups excluding carboxylic acids is 1. The van der Waals surface area contributed by atoms with Gasteiger partial charge in [-0.3, -0.25) is 4.79 Å². The third-order valence-corrected chi connectivity index (χ3v) is 3.11. The molecule has 4 heteroatoms. The molecule has 0 saturated heterocycles. The molecular weight excluding hydrogens is 266 g/mol. The van der Waals surface area contributed by atoms with E-state index in [0.717, 1.165) is 5.69 Å². The average molecular weight is 285 g/mol. The Labute approximate surface area is 124 Å². The van der Waals surface area contributed by atoms with Gasteiger partial charge in [-0.05, 0) is 31.2 Å². The van der Waals surface area contributed by atoms with Crippen LogP contribution in [-0.4, -0.2) is 26.2 Å². The van der Waals surface area contributed by atoms with Crippen molar-refractivity contribution in [1.82, 2.24) is 0 Å². The van der Waals surface area contributed by atoms with E-state index in [1.165, 1.54) is 0 Å². The number of hydrogen-bond donors (Lipinski definition) is 0. The fourth-order valence-corrected chi connectivity index (χ4v) is 2.07. The highest BCUT2D eigenvalue weighted by molar-refractivity contribution is 5.94. The number of para-hydroxylation sites is 3. The van der Waals surface area contributed by atoms with E-state index in [-0.39, 0.29) is 12.5 Å². The number of carbonyl (C=O) groups is 1. The summed E-state index contributed by atoms with van der Waals surface area (Å²) in [6, 6.07) is 16.8. The molecule has 0 atom stereocenters. The Bertz CT molecular complexity index is 584. The molecule has 0 radical (unpaired) electrons. The first-order valence-electron chi connectivity index (χ1n) is 6.87. The summed E-state index contributed by atoms with van der Waals surface area (Å²) in [4.78, 5) is 14.0. The Hall–Kier alpha value is -2.49. The number of hydrogen-bond acceptors (Lipinski definition) is 3. The van der Waals surface area contributed by atoms with Crippen molar-refractivity contribution in [3.8, 4) is 11.5 Å². The van der Waals surface area contributed by atoms with Gasteiger partial charge in [-0.15, -0.1) is 0 Å². The van der Waals surface area contributed by atoms with E-state index in [2.05, 4.69) is 0 Å². The highest BCUT2D eigenvalue weighted by atomic mass is 16.5. The molecule has 0 fully saturated rings. The van der Waals surface area contributed by atoms with Gasteiger partial charge in [-0.2, -0.15) is 0 Å². The lowest BCUT2D eigenvalue weighted by Gasteiger charge is -2.21. The van der Waals surface area contributed by atoms with Crippen molar-refractivity contribution in [2.75, 3.05) is 25.2 Å². The molecule has 0 unspecified atom stereocenters. The maximum Gasteiger partial charge on any atom is 0.264 e. The first-order chi connectivity index (χ1) is 10.3. The highest BCUT2D eigenvalue weighted by Gasteiger charge is 2.15. The summed E-state index contributed by atoms with van der Waals surface area (Å²) >= 11 is 0. The number of rotatable bonds is 6. The number of anilines is 1. The van der Waals surface area contributed by atoms with Crippen molar-refractivity contribution in [3.05, 3.63) is 54.6 Å². The van der Waals surface area contributed by atoms with Crippen molar-refractivity contribution in [1.29, 1.82) is 0 Å². The number of methoxy groups -OCH3 is 1. The van der Waals surface area contributed by atoms with Crippen molar-refractivity contribution in [2.45, 2.75) is 6.92 Å². The van der Waals surface area contributed by atoms with Crippen LogP contribution in [0.2, 0.25) is 0 Å². The van der Waals surface area contributed by atoms with Gasteiger partial charge in [0.1, 0.15) is 0 Å². The molecule has 0 aliphatic rings. The number of likely N-dealkylation sites (N-methyl/N-ethyl adjacent to an activating group) is 1. The van der Waals surface area contributed by atoms with E-state index in [0.29, 0.717) is 18.0 Å². The quantitative estimate of drug-likeness (QED) is 0.818. The zero-order valence-corrected chi connectivity index (χ0v) is 12.3. The Balaban J connectivity index is 2.03. The molecule has 110 valence electrons. The maximum absolute atomic E-state index is 12.3. The zero-order chi connectivity index (χ0) is 15.1. The minimum Gasteiger partial charge on any atom is -0.493 e. The van der Waals surface area contributed by atoms with Crippen LogP contribution in [-0.2, 0) is 4.79 Å². The van der Waals surface area contributed by atoms with Crippen molar-refractivity contribution >= 4 is 11.6 Å². The number of ether oxygens (including phenoxy) is 2. The smallest absolute Gasteiger partial charge is 0.264 e. The van der Waals surface area contributed by atoms with Gasteiger partial charge in [-0.25, -0.2) is 0 Å². The van der Waals surface area contributed by atoms with Crippen LogP contribution in [0.1, 0.15) is 6.92 Å². The van der Waals surface area contributed by atoms with Gasteiger partial charge < -0.3 is 14.4 Å². The predicted octanol–water partition coefficient (Wildman–Crippen LogP) is 3.13. The van der Waals surface area contributed by atoms with E-state index in [4.69, 9.17) is 9.47 Å². The average Bonchev–Trinajstić information content (AvgIpc) is 2.55. The van der Waals surface area contributed by atoms with Gasteiger partial charge in [0.25, 0.3) is 5.91 Å². The topological polar surface area (TPSA) is 38.8 Å². The second-order valence-corrected chi connectivity index (χ2v) is 4.41. The van der Waals surface area contributed by atoms with E-state index in [1.807, 2.05) is 49.4 Å². The standard InChI is InChI=1S/C17H19NO3/c1-3-18(14-9-5-4-6-10-14)17(19)13-21-16-12-8-7-11-15(16)20-2/h4-12H,3,13H2,1-2H3. The number of amides is 1.